The van der Waals surface area contributed by atoms with E-state index >= 15 is 0 Å². The Kier molecular flexibility index (Phi) is 5.38. The Balaban J connectivity index is 2.17. The summed E-state index contributed by atoms with van der Waals surface area (Å²) in [4.78, 5) is 15.4. The number of amides is 1. The lowest BCUT2D eigenvalue weighted by Crippen LogP contribution is -2.36. The largest absolute Gasteiger partial charge is 0.393 e. The standard InChI is InChI=1S/C17H23N3O2S/c1-12(21)9-17(2,3)11-19-15(22)14-10-18-16(23)20(14)13-7-5-4-6-8-13/h4-8,10,12,21H,9,11H2,1-3H3,(H,18,23)(H,19,22). The molecule has 23 heavy (non-hydrogen) atoms. The lowest BCUT2D eigenvalue weighted by atomic mass is 9.87. The molecule has 0 fully saturated rings. The molecule has 0 bridgehead atoms. The second kappa shape index (κ2) is 7.10. The molecule has 1 heterocycles. The number of aromatic amines is 1. The fourth-order valence-corrected chi connectivity index (χ4v) is 2.91. The summed E-state index contributed by atoms with van der Waals surface area (Å²) in [6.45, 7) is 6.26. The molecule has 0 aliphatic carbocycles. The van der Waals surface area contributed by atoms with E-state index in [1.807, 2.05) is 44.2 Å². The molecule has 2 rings (SSSR count). The third-order valence-electron chi connectivity index (χ3n) is 3.60. The van der Waals surface area contributed by atoms with Crippen molar-refractivity contribution in [2.24, 2.45) is 5.41 Å². The lowest BCUT2D eigenvalue weighted by Gasteiger charge is -2.26. The molecule has 1 atom stereocenters. The first-order chi connectivity index (χ1) is 10.8. The van der Waals surface area contributed by atoms with Crippen LogP contribution < -0.4 is 5.32 Å². The van der Waals surface area contributed by atoms with Crippen LogP contribution in [0.2, 0.25) is 0 Å². The number of aromatic nitrogens is 2. The number of benzene rings is 1. The van der Waals surface area contributed by atoms with Gasteiger partial charge >= 0.3 is 0 Å². The molecule has 2 aromatic rings. The van der Waals surface area contributed by atoms with E-state index in [1.165, 1.54) is 0 Å². The molecule has 0 aliphatic heterocycles. The van der Waals surface area contributed by atoms with Gasteiger partial charge in [0.2, 0.25) is 0 Å². The number of H-pyrrole nitrogens is 1. The van der Waals surface area contributed by atoms with Gasteiger partial charge in [0.15, 0.2) is 4.77 Å². The number of rotatable bonds is 6. The van der Waals surface area contributed by atoms with Gasteiger partial charge in [0.25, 0.3) is 5.91 Å². The zero-order valence-electron chi connectivity index (χ0n) is 13.7. The average Bonchev–Trinajstić information content (AvgIpc) is 2.86. The van der Waals surface area contributed by atoms with Crippen LogP contribution in [0.5, 0.6) is 0 Å². The first-order valence-electron chi connectivity index (χ1n) is 7.62. The van der Waals surface area contributed by atoms with Crippen LogP contribution in [0.1, 0.15) is 37.7 Å². The van der Waals surface area contributed by atoms with Crippen LogP contribution in [-0.2, 0) is 0 Å². The van der Waals surface area contributed by atoms with Crippen LogP contribution in [-0.4, -0.2) is 33.2 Å². The molecular formula is C17H23N3O2S. The Labute approximate surface area is 141 Å². The van der Waals surface area contributed by atoms with E-state index in [4.69, 9.17) is 12.2 Å². The minimum Gasteiger partial charge on any atom is -0.393 e. The van der Waals surface area contributed by atoms with Gasteiger partial charge in [-0.3, -0.25) is 9.36 Å². The van der Waals surface area contributed by atoms with E-state index in [9.17, 15) is 9.90 Å². The van der Waals surface area contributed by atoms with Crippen LogP contribution >= 0.6 is 12.2 Å². The van der Waals surface area contributed by atoms with E-state index < -0.39 is 6.10 Å². The Morgan fingerprint density at radius 3 is 2.65 bits per heavy atom. The van der Waals surface area contributed by atoms with Gasteiger partial charge in [0.1, 0.15) is 5.69 Å². The van der Waals surface area contributed by atoms with Gasteiger partial charge in [-0.2, -0.15) is 0 Å². The highest BCUT2D eigenvalue weighted by molar-refractivity contribution is 7.71. The van der Waals surface area contributed by atoms with Crippen LogP contribution in [0.25, 0.3) is 5.69 Å². The monoisotopic (exact) mass is 333 g/mol. The van der Waals surface area contributed by atoms with Gasteiger partial charge in [-0.25, -0.2) is 0 Å². The van der Waals surface area contributed by atoms with Gasteiger partial charge in [0, 0.05) is 18.4 Å². The molecular weight excluding hydrogens is 310 g/mol. The second-order valence-electron chi connectivity index (χ2n) is 6.55. The summed E-state index contributed by atoms with van der Waals surface area (Å²) in [6, 6.07) is 9.52. The van der Waals surface area contributed by atoms with Crippen molar-refractivity contribution in [3.05, 3.63) is 47.0 Å². The summed E-state index contributed by atoms with van der Waals surface area (Å²) in [5, 5.41) is 12.5. The number of hydrogen-bond donors (Lipinski definition) is 3. The lowest BCUT2D eigenvalue weighted by molar-refractivity contribution is 0.0895. The predicted molar refractivity (Wildman–Crippen MR) is 93.4 cm³/mol. The summed E-state index contributed by atoms with van der Waals surface area (Å²) < 4.78 is 2.19. The quantitative estimate of drug-likeness (QED) is 0.712. The Bertz CT molecular complexity index is 717. The SMILES string of the molecule is CC(O)CC(C)(C)CNC(=O)c1c[nH]c(=S)n1-c1ccccc1. The van der Waals surface area contributed by atoms with E-state index in [2.05, 4.69) is 10.3 Å². The topological polar surface area (TPSA) is 70.1 Å². The van der Waals surface area contributed by atoms with Crippen molar-refractivity contribution in [2.75, 3.05) is 6.54 Å². The van der Waals surface area contributed by atoms with Crippen molar-refractivity contribution in [3.63, 3.8) is 0 Å². The first-order valence-corrected chi connectivity index (χ1v) is 8.03. The zero-order valence-corrected chi connectivity index (χ0v) is 14.5. The number of hydrogen-bond acceptors (Lipinski definition) is 3. The maximum atomic E-state index is 12.5. The maximum Gasteiger partial charge on any atom is 0.269 e. The van der Waals surface area contributed by atoms with E-state index in [0.29, 0.717) is 23.4 Å². The second-order valence-corrected chi connectivity index (χ2v) is 6.94. The molecule has 1 unspecified atom stereocenters. The number of nitrogens with zero attached hydrogens (tertiary/aromatic N) is 1. The molecule has 5 nitrogen and oxygen atoms in total. The summed E-state index contributed by atoms with van der Waals surface area (Å²) in [6.07, 6.45) is 1.83. The van der Waals surface area contributed by atoms with Gasteiger partial charge < -0.3 is 15.4 Å². The Hall–Kier alpha value is -1.92. The van der Waals surface area contributed by atoms with Crippen LogP contribution in [0, 0.1) is 10.2 Å². The number of para-hydroxylation sites is 1. The fourth-order valence-electron chi connectivity index (χ4n) is 2.65. The molecule has 0 saturated heterocycles. The smallest absolute Gasteiger partial charge is 0.269 e. The van der Waals surface area contributed by atoms with Crippen molar-refractivity contribution in [1.82, 2.24) is 14.9 Å². The van der Waals surface area contributed by atoms with E-state index in [0.717, 1.165) is 5.69 Å². The molecule has 1 aromatic carbocycles. The Morgan fingerprint density at radius 2 is 2.04 bits per heavy atom. The third kappa shape index (κ3) is 4.53. The van der Waals surface area contributed by atoms with Crippen molar-refractivity contribution < 1.29 is 9.90 Å². The number of aliphatic hydroxyl groups is 1. The molecule has 0 saturated carbocycles. The van der Waals surface area contributed by atoms with Crippen LogP contribution in [0.3, 0.4) is 0 Å². The van der Waals surface area contributed by atoms with Crippen molar-refractivity contribution in [1.29, 1.82) is 0 Å². The summed E-state index contributed by atoms with van der Waals surface area (Å²) in [5.41, 5.74) is 1.12. The van der Waals surface area contributed by atoms with Crippen molar-refractivity contribution in [3.8, 4) is 5.69 Å². The summed E-state index contributed by atoms with van der Waals surface area (Å²) >= 11 is 5.28. The number of aliphatic hydroxyl groups excluding tert-OH is 1. The molecule has 3 N–H and O–H groups in total. The third-order valence-corrected chi connectivity index (χ3v) is 3.90. The van der Waals surface area contributed by atoms with E-state index in [1.54, 1.807) is 17.7 Å². The molecule has 0 aliphatic rings. The molecule has 0 spiro atoms. The van der Waals surface area contributed by atoms with Gasteiger partial charge in [0.05, 0.1) is 6.10 Å². The Morgan fingerprint density at radius 1 is 1.39 bits per heavy atom. The van der Waals surface area contributed by atoms with Gasteiger partial charge in [-0.15, -0.1) is 0 Å². The molecule has 1 amide bonds. The molecule has 1 aromatic heterocycles. The van der Waals surface area contributed by atoms with Crippen LogP contribution in [0.4, 0.5) is 0 Å². The van der Waals surface area contributed by atoms with E-state index in [-0.39, 0.29) is 11.3 Å². The predicted octanol–water partition coefficient (Wildman–Crippen LogP) is 3.06. The highest BCUT2D eigenvalue weighted by atomic mass is 32.1. The van der Waals surface area contributed by atoms with Crippen molar-refractivity contribution in [2.45, 2.75) is 33.3 Å². The number of nitrogens with one attached hydrogen (secondary N) is 2. The summed E-state index contributed by atoms with van der Waals surface area (Å²) in [7, 11) is 0. The molecule has 124 valence electrons. The van der Waals surface area contributed by atoms with Crippen LogP contribution in [0.15, 0.2) is 36.5 Å². The summed E-state index contributed by atoms with van der Waals surface area (Å²) in [5.74, 6) is -0.195. The van der Waals surface area contributed by atoms with Gasteiger partial charge in [-0.05, 0) is 43.1 Å². The average molecular weight is 333 g/mol. The van der Waals surface area contributed by atoms with Gasteiger partial charge in [-0.1, -0.05) is 32.0 Å². The number of carbonyl (C=O) groups is 1. The highest BCUT2D eigenvalue weighted by Crippen LogP contribution is 2.21. The molecule has 6 heteroatoms. The normalized spacial score (nSPS) is 12.9. The molecule has 0 radical (unpaired) electrons. The number of imidazole rings is 1. The fraction of sp³-hybridized carbons (Fsp3) is 0.412. The zero-order chi connectivity index (χ0) is 17.0. The maximum absolute atomic E-state index is 12.5. The highest BCUT2D eigenvalue weighted by Gasteiger charge is 2.22. The number of carbonyl (C=O) groups excluding carboxylic acids is 1. The minimum atomic E-state index is -0.400. The van der Waals surface area contributed by atoms with Crippen molar-refractivity contribution >= 4 is 18.1 Å². The first kappa shape index (κ1) is 17.4. The minimum absolute atomic E-state index is 0.186.